The van der Waals surface area contributed by atoms with Crippen molar-refractivity contribution in [3.05, 3.63) is 57.5 Å². The number of carbonyl (C=O) groups excluding carboxylic acids is 1. The highest BCUT2D eigenvalue weighted by Gasteiger charge is 2.32. The first kappa shape index (κ1) is 17.7. The first-order chi connectivity index (χ1) is 11.6. The summed E-state index contributed by atoms with van der Waals surface area (Å²) in [6, 6.07) is 5.35. The van der Waals surface area contributed by atoms with Gasteiger partial charge in [-0.15, -0.1) is 0 Å². The zero-order chi connectivity index (χ0) is 18.5. The van der Waals surface area contributed by atoms with Crippen LogP contribution >= 0.6 is 23.2 Å². The molecule has 3 rings (SSSR count). The molecule has 0 aliphatic rings. The third-order valence-electron chi connectivity index (χ3n) is 3.54. The minimum absolute atomic E-state index is 0.0402. The van der Waals surface area contributed by atoms with Crippen LogP contribution in [0.25, 0.3) is 16.6 Å². The Labute approximate surface area is 148 Å². The molecular weight excluding hydrogens is 383 g/mol. The molecule has 0 aliphatic carbocycles. The topological polar surface area (TPSA) is 34.9 Å². The van der Waals surface area contributed by atoms with E-state index in [-0.39, 0.29) is 32.3 Å². The maximum atomic E-state index is 14.3. The lowest BCUT2D eigenvalue weighted by Crippen LogP contribution is -2.08. The van der Waals surface area contributed by atoms with Crippen LogP contribution in [0.15, 0.2) is 30.3 Å². The van der Waals surface area contributed by atoms with Gasteiger partial charge in [-0.1, -0.05) is 35.3 Å². The second-order valence-electron chi connectivity index (χ2n) is 5.24. The van der Waals surface area contributed by atoms with Crippen molar-refractivity contribution >= 4 is 39.9 Å². The summed E-state index contributed by atoms with van der Waals surface area (Å²) in [6.07, 6.45) is -4.65. The second-order valence-corrected chi connectivity index (χ2v) is 6.05. The lowest BCUT2D eigenvalue weighted by atomic mass is 10.1. The molecule has 0 spiro atoms. The predicted octanol–water partition coefficient (Wildman–Crippen LogP) is 5.69. The molecule has 3 nitrogen and oxygen atoms in total. The Kier molecular flexibility index (Phi) is 4.25. The van der Waals surface area contributed by atoms with Gasteiger partial charge in [-0.2, -0.15) is 18.3 Å². The van der Waals surface area contributed by atoms with Gasteiger partial charge in [0.15, 0.2) is 5.78 Å². The molecule has 0 amide bonds. The summed E-state index contributed by atoms with van der Waals surface area (Å²) in [5.41, 5.74) is -1.33. The Morgan fingerprint density at radius 1 is 1.16 bits per heavy atom. The number of alkyl halides is 3. The van der Waals surface area contributed by atoms with E-state index in [1.54, 1.807) is 0 Å². The highest BCUT2D eigenvalue weighted by Crippen LogP contribution is 2.39. The summed E-state index contributed by atoms with van der Waals surface area (Å²) < 4.78 is 53.8. The van der Waals surface area contributed by atoms with Crippen molar-refractivity contribution in [2.45, 2.75) is 13.1 Å². The standard InChI is InChI=1S/C16H8Cl2F4N2O/c1-7(25)13-9-3-2-4-12(19)14(9)24(23-13)15-10(17)5-8(6-11(15)18)16(20,21)22/h2-6H,1H3. The zero-order valence-corrected chi connectivity index (χ0v) is 14.0. The molecular formula is C16H8Cl2F4N2O. The highest BCUT2D eigenvalue weighted by molar-refractivity contribution is 6.38. The van der Waals surface area contributed by atoms with Crippen molar-refractivity contribution < 1.29 is 22.4 Å². The van der Waals surface area contributed by atoms with Gasteiger partial charge in [0, 0.05) is 12.3 Å². The molecule has 1 heterocycles. The zero-order valence-electron chi connectivity index (χ0n) is 12.5. The predicted molar refractivity (Wildman–Crippen MR) is 86.1 cm³/mol. The molecule has 25 heavy (non-hydrogen) atoms. The van der Waals surface area contributed by atoms with Gasteiger partial charge in [0.1, 0.15) is 22.7 Å². The van der Waals surface area contributed by atoms with E-state index in [0.717, 1.165) is 10.7 Å². The summed E-state index contributed by atoms with van der Waals surface area (Å²) in [6.45, 7) is 1.24. The molecule has 0 atom stereocenters. The van der Waals surface area contributed by atoms with Crippen LogP contribution in [-0.2, 0) is 6.18 Å². The molecule has 1 aromatic heterocycles. The van der Waals surface area contributed by atoms with Gasteiger partial charge in [-0.05, 0) is 18.2 Å². The van der Waals surface area contributed by atoms with Gasteiger partial charge in [0.25, 0.3) is 0 Å². The summed E-state index contributed by atoms with van der Waals surface area (Å²) >= 11 is 11.9. The lowest BCUT2D eigenvalue weighted by Gasteiger charge is -2.13. The number of Topliss-reactive ketones (excluding diaryl/α,β-unsaturated/α-hetero) is 1. The molecule has 0 aliphatic heterocycles. The van der Waals surface area contributed by atoms with Crippen LogP contribution < -0.4 is 0 Å². The van der Waals surface area contributed by atoms with Crippen molar-refractivity contribution in [3.63, 3.8) is 0 Å². The van der Waals surface area contributed by atoms with Crippen molar-refractivity contribution in [3.8, 4) is 5.69 Å². The van der Waals surface area contributed by atoms with E-state index in [1.807, 2.05) is 0 Å². The monoisotopic (exact) mass is 390 g/mol. The molecule has 2 aromatic carbocycles. The minimum Gasteiger partial charge on any atom is -0.293 e. The molecule has 3 aromatic rings. The van der Waals surface area contributed by atoms with Gasteiger partial charge in [0.2, 0.25) is 0 Å². The number of benzene rings is 2. The van der Waals surface area contributed by atoms with Gasteiger partial charge < -0.3 is 0 Å². The third kappa shape index (κ3) is 2.98. The fourth-order valence-electron chi connectivity index (χ4n) is 2.48. The van der Waals surface area contributed by atoms with Crippen LogP contribution in [0.1, 0.15) is 23.0 Å². The Morgan fingerprint density at radius 2 is 1.76 bits per heavy atom. The average Bonchev–Trinajstić information content (AvgIpc) is 2.86. The molecule has 9 heteroatoms. The fourth-order valence-corrected chi connectivity index (χ4v) is 3.13. The number of halogens is 6. The highest BCUT2D eigenvalue weighted by atomic mass is 35.5. The van der Waals surface area contributed by atoms with Crippen molar-refractivity contribution in [1.29, 1.82) is 0 Å². The number of rotatable bonds is 2. The summed E-state index contributed by atoms with van der Waals surface area (Å²) in [5.74, 6) is -1.15. The van der Waals surface area contributed by atoms with Crippen LogP contribution in [-0.4, -0.2) is 15.6 Å². The van der Waals surface area contributed by atoms with Crippen LogP contribution in [0.4, 0.5) is 17.6 Å². The van der Waals surface area contributed by atoms with E-state index in [2.05, 4.69) is 5.10 Å². The van der Waals surface area contributed by atoms with Crippen LogP contribution in [0, 0.1) is 5.82 Å². The summed E-state index contributed by atoms with van der Waals surface area (Å²) in [5, 5.41) is 3.47. The molecule has 0 saturated heterocycles. The smallest absolute Gasteiger partial charge is 0.293 e. The van der Waals surface area contributed by atoms with E-state index < -0.39 is 23.3 Å². The Hall–Kier alpha value is -2.12. The van der Waals surface area contributed by atoms with Gasteiger partial charge >= 0.3 is 6.18 Å². The minimum atomic E-state index is -4.65. The quantitative estimate of drug-likeness (QED) is 0.415. The SMILES string of the molecule is CC(=O)c1nn(-c2c(Cl)cc(C(F)(F)F)cc2Cl)c2c(F)cccc12. The maximum absolute atomic E-state index is 14.3. The summed E-state index contributed by atoms with van der Waals surface area (Å²) in [4.78, 5) is 11.8. The van der Waals surface area contributed by atoms with Gasteiger partial charge in [-0.25, -0.2) is 9.07 Å². The molecule has 0 radical (unpaired) electrons. The van der Waals surface area contributed by atoms with Crippen LogP contribution in [0.3, 0.4) is 0 Å². The number of hydrogen-bond donors (Lipinski definition) is 0. The molecule has 0 bridgehead atoms. The number of fused-ring (bicyclic) bond motifs is 1. The normalized spacial score (nSPS) is 12.0. The van der Waals surface area contributed by atoms with Crippen molar-refractivity contribution in [2.75, 3.05) is 0 Å². The number of carbonyl (C=O) groups is 1. The first-order valence-electron chi connectivity index (χ1n) is 6.86. The van der Waals surface area contributed by atoms with E-state index >= 15 is 0 Å². The number of aromatic nitrogens is 2. The average molecular weight is 391 g/mol. The fraction of sp³-hybridized carbons (Fsp3) is 0.125. The molecule has 130 valence electrons. The molecule has 0 fully saturated rings. The van der Waals surface area contributed by atoms with Crippen molar-refractivity contribution in [1.82, 2.24) is 9.78 Å². The molecule has 0 unspecified atom stereocenters. The van der Waals surface area contributed by atoms with Crippen LogP contribution in [0.2, 0.25) is 10.0 Å². The number of ketones is 1. The first-order valence-corrected chi connectivity index (χ1v) is 7.61. The van der Waals surface area contributed by atoms with Gasteiger partial charge in [0.05, 0.1) is 15.6 Å². The number of hydrogen-bond acceptors (Lipinski definition) is 2. The number of nitrogens with zero attached hydrogens (tertiary/aromatic N) is 2. The van der Waals surface area contributed by atoms with E-state index in [4.69, 9.17) is 23.2 Å². The Balaban J connectivity index is 2.37. The third-order valence-corrected chi connectivity index (χ3v) is 4.12. The van der Waals surface area contributed by atoms with Crippen LogP contribution in [0.5, 0.6) is 0 Å². The van der Waals surface area contributed by atoms with Crippen molar-refractivity contribution in [2.24, 2.45) is 0 Å². The molecule has 0 saturated carbocycles. The van der Waals surface area contributed by atoms with E-state index in [1.165, 1.54) is 19.1 Å². The number of para-hydroxylation sites is 1. The largest absolute Gasteiger partial charge is 0.416 e. The van der Waals surface area contributed by atoms with E-state index in [0.29, 0.717) is 12.1 Å². The van der Waals surface area contributed by atoms with Gasteiger partial charge in [-0.3, -0.25) is 4.79 Å². The summed E-state index contributed by atoms with van der Waals surface area (Å²) in [7, 11) is 0. The lowest BCUT2D eigenvalue weighted by molar-refractivity contribution is -0.137. The van der Waals surface area contributed by atoms with E-state index in [9.17, 15) is 22.4 Å². The molecule has 0 N–H and O–H groups in total. The maximum Gasteiger partial charge on any atom is 0.416 e. The Morgan fingerprint density at radius 3 is 2.28 bits per heavy atom. The second kappa shape index (κ2) is 6.00. The Bertz CT molecular complexity index is 988.